The van der Waals surface area contributed by atoms with Crippen LogP contribution in [0.3, 0.4) is 0 Å². The van der Waals surface area contributed by atoms with Crippen molar-refractivity contribution in [3.05, 3.63) is 29.8 Å². The van der Waals surface area contributed by atoms with E-state index in [0.717, 1.165) is 12.8 Å². The molecule has 0 bridgehead atoms. The van der Waals surface area contributed by atoms with Gasteiger partial charge in [-0.2, -0.15) is 0 Å². The van der Waals surface area contributed by atoms with E-state index in [-0.39, 0.29) is 11.9 Å². The Morgan fingerprint density at radius 3 is 1.96 bits per heavy atom. The highest BCUT2D eigenvalue weighted by Gasteiger charge is 2.06. The molecule has 0 unspecified atom stereocenters. The van der Waals surface area contributed by atoms with Crippen LogP contribution in [0.1, 0.15) is 81.5 Å². The second-order valence-electron chi connectivity index (χ2n) is 6.20. The van der Waals surface area contributed by atoms with Gasteiger partial charge < -0.3 is 10.1 Å². The van der Waals surface area contributed by atoms with E-state index >= 15 is 0 Å². The summed E-state index contributed by atoms with van der Waals surface area (Å²) >= 11 is 0. The summed E-state index contributed by atoms with van der Waals surface area (Å²) in [7, 11) is 1.35. The lowest BCUT2D eigenvalue weighted by molar-refractivity contribution is -0.116. The molecule has 0 aliphatic carbocycles. The number of ether oxygens (including phenoxy) is 1. The van der Waals surface area contributed by atoms with Crippen LogP contribution < -0.4 is 5.32 Å². The van der Waals surface area contributed by atoms with Crippen LogP contribution in [0, 0.1) is 0 Å². The average molecular weight is 333 g/mol. The van der Waals surface area contributed by atoms with Crippen molar-refractivity contribution in [3.63, 3.8) is 0 Å². The van der Waals surface area contributed by atoms with Crippen LogP contribution in [0.15, 0.2) is 24.3 Å². The van der Waals surface area contributed by atoms with E-state index < -0.39 is 0 Å². The number of unbranched alkanes of at least 4 members (excludes halogenated alkanes) is 8. The van der Waals surface area contributed by atoms with Crippen molar-refractivity contribution in [2.75, 3.05) is 12.4 Å². The van der Waals surface area contributed by atoms with Crippen molar-refractivity contribution in [2.45, 2.75) is 71.1 Å². The topological polar surface area (TPSA) is 55.4 Å². The molecule has 0 radical (unpaired) electrons. The van der Waals surface area contributed by atoms with Crippen molar-refractivity contribution in [2.24, 2.45) is 0 Å². The zero-order chi connectivity index (χ0) is 17.6. The van der Waals surface area contributed by atoms with Crippen molar-refractivity contribution in [1.82, 2.24) is 0 Å². The van der Waals surface area contributed by atoms with Gasteiger partial charge in [0.25, 0.3) is 0 Å². The minimum atomic E-state index is -0.373. The van der Waals surface area contributed by atoms with E-state index in [2.05, 4.69) is 17.0 Å². The van der Waals surface area contributed by atoms with Crippen LogP contribution in [-0.4, -0.2) is 19.0 Å². The van der Waals surface area contributed by atoms with Crippen LogP contribution in [0.4, 0.5) is 5.69 Å². The minimum Gasteiger partial charge on any atom is -0.465 e. The highest BCUT2D eigenvalue weighted by molar-refractivity contribution is 5.92. The normalized spacial score (nSPS) is 10.4. The number of nitrogens with one attached hydrogen (secondary N) is 1. The molecule has 0 spiro atoms. The van der Waals surface area contributed by atoms with Gasteiger partial charge in [-0.25, -0.2) is 4.79 Å². The van der Waals surface area contributed by atoms with Gasteiger partial charge in [0, 0.05) is 12.1 Å². The van der Waals surface area contributed by atoms with E-state index in [1.807, 2.05) is 0 Å². The fourth-order valence-electron chi connectivity index (χ4n) is 2.63. The molecule has 1 rings (SSSR count). The zero-order valence-corrected chi connectivity index (χ0v) is 15.1. The molecule has 1 aromatic rings. The van der Waals surface area contributed by atoms with Gasteiger partial charge in [0.2, 0.25) is 5.91 Å². The highest BCUT2D eigenvalue weighted by atomic mass is 16.5. The lowest BCUT2D eigenvalue weighted by atomic mass is 10.1. The predicted molar refractivity (Wildman–Crippen MR) is 98.3 cm³/mol. The highest BCUT2D eigenvalue weighted by Crippen LogP contribution is 2.13. The number of hydrogen-bond acceptors (Lipinski definition) is 3. The number of rotatable bonds is 12. The third-order valence-corrected chi connectivity index (χ3v) is 4.10. The molecule has 0 atom stereocenters. The third-order valence-electron chi connectivity index (χ3n) is 4.10. The van der Waals surface area contributed by atoms with Crippen molar-refractivity contribution in [1.29, 1.82) is 0 Å². The summed E-state index contributed by atoms with van der Waals surface area (Å²) in [6, 6.07) is 6.75. The van der Waals surface area contributed by atoms with Gasteiger partial charge >= 0.3 is 5.97 Å². The molecule has 0 fully saturated rings. The molecule has 1 amide bonds. The first kappa shape index (κ1) is 20.2. The fourth-order valence-corrected chi connectivity index (χ4v) is 2.63. The Balaban J connectivity index is 2.10. The maximum Gasteiger partial charge on any atom is 0.337 e. The number of hydrogen-bond donors (Lipinski definition) is 1. The first-order valence-electron chi connectivity index (χ1n) is 9.15. The summed E-state index contributed by atoms with van der Waals surface area (Å²) in [6.45, 7) is 2.23. The Hall–Kier alpha value is -1.84. The number of carbonyl (C=O) groups excluding carboxylic acids is 2. The van der Waals surface area contributed by atoms with E-state index in [0.29, 0.717) is 17.7 Å². The summed E-state index contributed by atoms with van der Waals surface area (Å²) < 4.78 is 4.64. The molecule has 0 aliphatic rings. The Kier molecular flexibility index (Phi) is 10.6. The summed E-state index contributed by atoms with van der Waals surface area (Å²) in [5.74, 6) is -0.341. The molecule has 0 saturated carbocycles. The molecule has 1 aromatic carbocycles. The van der Waals surface area contributed by atoms with Crippen molar-refractivity contribution in [3.8, 4) is 0 Å². The quantitative estimate of drug-likeness (QED) is 0.415. The van der Waals surface area contributed by atoms with Gasteiger partial charge in [-0.15, -0.1) is 0 Å². The summed E-state index contributed by atoms with van der Waals surface area (Å²) in [6.07, 6.45) is 11.7. The molecule has 0 aromatic heterocycles. The van der Waals surface area contributed by atoms with E-state index in [9.17, 15) is 9.59 Å². The molecular weight excluding hydrogens is 302 g/mol. The summed E-state index contributed by atoms with van der Waals surface area (Å²) in [5.41, 5.74) is 1.19. The van der Waals surface area contributed by atoms with Crippen molar-refractivity contribution < 1.29 is 14.3 Å². The first-order chi connectivity index (χ1) is 11.7. The van der Waals surface area contributed by atoms with Gasteiger partial charge in [0.15, 0.2) is 0 Å². The maximum atomic E-state index is 11.9. The van der Waals surface area contributed by atoms with E-state index in [1.165, 1.54) is 52.1 Å². The molecule has 24 heavy (non-hydrogen) atoms. The monoisotopic (exact) mass is 333 g/mol. The van der Waals surface area contributed by atoms with Gasteiger partial charge in [-0.1, -0.05) is 58.3 Å². The van der Waals surface area contributed by atoms with Crippen LogP contribution >= 0.6 is 0 Å². The smallest absolute Gasteiger partial charge is 0.337 e. The Bertz CT molecular complexity index is 482. The third kappa shape index (κ3) is 8.70. The molecule has 0 heterocycles. The molecule has 134 valence electrons. The lowest BCUT2D eigenvalue weighted by Crippen LogP contribution is -2.11. The standard InChI is InChI=1S/C20H31NO3/c1-3-4-5-6-7-8-9-10-11-12-19(22)21-18-15-13-17(14-16-18)20(23)24-2/h13-16H,3-12H2,1-2H3,(H,21,22). The summed E-state index contributed by atoms with van der Waals surface area (Å²) in [4.78, 5) is 23.2. The predicted octanol–water partition coefficient (Wildman–Crippen LogP) is 5.33. The second-order valence-corrected chi connectivity index (χ2v) is 6.20. The molecular formula is C20H31NO3. The largest absolute Gasteiger partial charge is 0.465 e. The van der Waals surface area contributed by atoms with Gasteiger partial charge in [0.1, 0.15) is 0 Å². The first-order valence-corrected chi connectivity index (χ1v) is 9.15. The minimum absolute atomic E-state index is 0.0313. The molecule has 0 aliphatic heterocycles. The number of methoxy groups -OCH3 is 1. The zero-order valence-electron chi connectivity index (χ0n) is 15.1. The van der Waals surface area contributed by atoms with E-state index in [4.69, 9.17) is 0 Å². The second kappa shape index (κ2) is 12.6. The molecule has 1 N–H and O–H groups in total. The van der Waals surface area contributed by atoms with Crippen LogP contribution in [-0.2, 0) is 9.53 Å². The Morgan fingerprint density at radius 2 is 1.42 bits per heavy atom. The summed E-state index contributed by atoms with van der Waals surface area (Å²) in [5, 5.41) is 2.86. The van der Waals surface area contributed by atoms with Crippen molar-refractivity contribution >= 4 is 17.6 Å². The fraction of sp³-hybridized carbons (Fsp3) is 0.600. The lowest BCUT2D eigenvalue weighted by Gasteiger charge is -2.06. The van der Waals surface area contributed by atoms with Crippen LogP contribution in [0.25, 0.3) is 0 Å². The number of benzene rings is 1. The number of carbonyl (C=O) groups is 2. The Morgan fingerprint density at radius 1 is 0.875 bits per heavy atom. The maximum absolute atomic E-state index is 11.9. The Labute approximate surface area is 146 Å². The molecule has 0 saturated heterocycles. The number of esters is 1. The average Bonchev–Trinajstić information content (AvgIpc) is 2.60. The molecule has 4 nitrogen and oxygen atoms in total. The number of amides is 1. The van der Waals surface area contributed by atoms with E-state index in [1.54, 1.807) is 24.3 Å². The number of anilines is 1. The van der Waals surface area contributed by atoms with Gasteiger partial charge in [-0.3, -0.25) is 4.79 Å². The van der Waals surface area contributed by atoms with Gasteiger partial charge in [-0.05, 0) is 30.7 Å². The van der Waals surface area contributed by atoms with Crippen LogP contribution in [0.2, 0.25) is 0 Å². The molecule has 4 heteroatoms. The van der Waals surface area contributed by atoms with Gasteiger partial charge in [0.05, 0.1) is 12.7 Å². The SMILES string of the molecule is CCCCCCCCCCCC(=O)Nc1ccc(C(=O)OC)cc1. The van der Waals surface area contributed by atoms with Crippen LogP contribution in [0.5, 0.6) is 0 Å².